The number of pyridine rings is 1. The van der Waals surface area contributed by atoms with Crippen LogP contribution in [0.15, 0.2) is 36.5 Å². The van der Waals surface area contributed by atoms with Crippen molar-refractivity contribution in [3.63, 3.8) is 0 Å². The number of nitrogens with one attached hydrogen (secondary N) is 1. The van der Waals surface area contributed by atoms with Crippen LogP contribution in [0, 0.1) is 0 Å². The molecule has 0 saturated carbocycles. The second-order valence-corrected chi connectivity index (χ2v) is 4.41. The third kappa shape index (κ3) is 2.22. The Bertz CT molecular complexity index is 704. The lowest BCUT2D eigenvalue weighted by Crippen LogP contribution is -1.92. The quantitative estimate of drug-likeness (QED) is 0.669. The van der Waals surface area contributed by atoms with Crippen LogP contribution in [-0.4, -0.2) is 25.4 Å². The predicted molar refractivity (Wildman–Crippen MR) is 71.1 cm³/mol. The third-order valence-corrected chi connectivity index (χ3v) is 3.15. The number of aromatic nitrogens is 3. The lowest BCUT2D eigenvalue weighted by Gasteiger charge is -2.04. The fourth-order valence-electron chi connectivity index (χ4n) is 2.15. The van der Waals surface area contributed by atoms with Crippen LogP contribution < -0.4 is 0 Å². The van der Waals surface area contributed by atoms with E-state index in [1.54, 1.807) is 18.3 Å². The summed E-state index contributed by atoms with van der Waals surface area (Å²) in [5.41, 5.74) is 2.73. The Labute approximate surface area is 109 Å². The first-order valence-corrected chi connectivity index (χ1v) is 6.03. The number of aromatic hydroxyl groups is 2. The van der Waals surface area contributed by atoms with Gasteiger partial charge >= 0.3 is 0 Å². The summed E-state index contributed by atoms with van der Waals surface area (Å²) in [5.74, 6) is 0.256. The first-order chi connectivity index (χ1) is 9.24. The van der Waals surface area contributed by atoms with E-state index in [9.17, 15) is 10.2 Å². The molecule has 5 nitrogen and oxygen atoms in total. The van der Waals surface area contributed by atoms with Crippen molar-refractivity contribution in [2.24, 2.45) is 0 Å². The molecule has 0 radical (unpaired) electrons. The number of rotatable bonds is 3. The van der Waals surface area contributed by atoms with Crippen LogP contribution in [0.4, 0.5) is 0 Å². The maximum atomic E-state index is 9.71. The molecule has 2 heterocycles. The number of fused-ring (bicyclic) bond motifs is 1. The number of hydrogen-bond acceptors (Lipinski definition) is 4. The van der Waals surface area contributed by atoms with Crippen LogP contribution in [-0.2, 0) is 12.8 Å². The molecule has 5 heteroatoms. The number of phenolic OH excluding ortho intramolecular Hbond substituents is 1. The zero-order valence-corrected chi connectivity index (χ0v) is 10.2. The summed E-state index contributed by atoms with van der Waals surface area (Å²) >= 11 is 0. The molecule has 0 aliphatic heterocycles. The molecule has 2 aromatic heterocycles. The van der Waals surface area contributed by atoms with Gasteiger partial charge in [-0.2, -0.15) is 0 Å². The molecular formula is C14H13N3O2. The van der Waals surface area contributed by atoms with Crippen molar-refractivity contribution in [1.29, 1.82) is 0 Å². The van der Waals surface area contributed by atoms with Gasteiger partial charge in [-0.05, 0) is 42.2 Å². The zero-order chi connectivity index (χ0) is 13.2. The van der Waals surface area contributed by atoms with Gasteiger partial charge in [0.15, 0.2) is 5.65 Å². The van der Waals surface area contributed by atoms with Crippen molar-refractivity contribution >= 4 is 11.0 Å². The molecule has 3 N–H and O–H groups in total. The molecule has 0 saturated heterocycles. The number of aromatic amines is 1. The topological polar surface area (TPSA) is 82.0 Å². The largest absolute Gasteiger partial charge is 0.508 e. The van der Waals surface area contributed by atoms with E-state index in [4.69, 9.17) is 0 Å². The molecule has 0 amide bonds. The zero-order valence-electron chi connectivity index (χ0n) is 10.2. The lowest BCUT2D eigenvalue weighted by atomic mass is 10.0. The summed E-state index contributed by atoms with van der Waals surface area (Å²) in [7, 11) is 0. The number of hydrogen-bond donors (Lipinski definition) is 3. The Balaban J connectivity index is 1.85. The van der Waals surface area contributed by atoms with E-state index in [2.05, 4.69) is 15.2 Å². The predicted octanol–water partition coefficient (Wildman–Crippen LogP) is 2.15. The van der Waals surface area contributed by atoms with Crippen LogP contribution >= 0.6 is 0 Å². The first kappa shape index (κ1) is 11.5. The van der Waals surface area contributed by atoms with Gasteiger partial charge in [0, 0.05) is 6.20 Å². The molecule has 0 spiro atoms. The van der Waals surface area contributed by atoms with Crippen LogP contribution in [0.25, 0.3) is 11.0 Å². The molecular weight excluding hydrogens is 242 g/mol. The summed E-state index contributed by atoms with van der Waals surface area (Å²) in [6, 6.07) is 9.02. The molecule has 1 aromatic carbocycles. The molecule has 0 atom stereocenters. The van der Waals surface area contributed by atoms with Gasteiger partial charge in [-0.1, -0.05) is 12.1 Å². The number of aryl methyl sites for hydroxylation is 2. The summed E-state index contributed by atoms with van der Waals surface area (Å²) in [6.07, 6.45) is 3.30. The Morgan fingerprint density at radius 2 is 1.79 bits per heavy atom. The van der Waals surface area contributed by atoms with Crippen LogP contribution in [0.1, 0.15) is 11.1 Å². The van der Waals surface area contributed by atoms with Crippen molar-refractivity contribution in [3.8, 4) is 11.6 Å². The Morgan fingerprint density at radius 1 is 1.00 bits per heavy atom. The van der Waals surface area contributed by atoms with Crippen LogP contribution in [0.5, 0.6) is 11.6 Å². The minimum Gasteiger partial charge on any atom is -0.508 e. The van der Waals surface area contributed by atoms with Crippen LogP contribution in [0.3, 0.4) is 0 Å². The Morgan fingerprint density at radius 3 is 2.58 bits per heavy atom. The Hall–Kier alpha value is -2.56. The van der Waals surface area contributed by atoms with Crippen LogP contribution in [0.2, 0.25) is 0 Å². The van der Waals surface area contributed by atoms with E-state index in [1.165, 1.54) is 0 Å². The highest BCUT2D eigenvalue weighted by Crippen LogP contribution is 2.24. The summed E-state index contributed by atoms with van der Waals surface area (Å²) < 4.78 is 0. The average molecular weight is 255 g/mol. The highest BCUT2D eigenvalue weighted by atomic mass is 16.3. The molecule has 0 fully saturated rings. The van der Waals surface area contributed by atoms with E-state index < -0.39 is 0 Å². The molecule has 96 valence electrons. The van der Waals surface area contributed by atoms with Gasteiger partial charge in [-0.15, -0.1) is 5.10 Å². The maximum Gasteiger partial charge on any atom is 0.240 e. The molecule has 0 unspecified atom stereocenters. The smallest absolute Gasteiger partial charge is 0.240 e. The van der Waals surface area contributed by atoms with Crippen molar-refractivity contribution in [3.05, 3.63) is 47.7 Å². The van der Waals surface area contributed by atoms with Crippen molar-refractivity contribution in [2.45, 2.75) is 12.8 Å². The minimum absolute atomic E-state index is 0.0104. The van der Waals surface area contributed by atoms with Gasteiger partial charge in [0.25, 0.3) is 0 Å². The van der Waals surface area contributed by atoms with Gasteiger partial charge in [-0.3, -0.25) is 5.10 Å². The number of benzene rings is 1. The van der Waals surface area contributed by atoms with E-state index >= 15 is 0 Å². The molecule has 0 aliphatic carbocycles. The lowest BCUT2D eigenvalue weighted by molar-refractivity contribution is 0.457. The number of nitrogens with zero attached hydrogens (tertiary/aromatic N) is 2. The maximum absolute atomic E-state index is 9.71. The summed E-state index contributed by atoms with van der Waals surface area (Å²) in [6.45, 7) is 0. The molecule has 3 aromatic rings. The van der Waals surface area contributed by atoms with Gasteiger partial charge in [-0.25, -0.2) is 4.98 Å². The van der Waals surface area contributed by atoms with Gasteiger partial charge < -0.3 is 10.2 Å². The van der Waals surface area contributed by atoms with E-state index in [0.717, 1.165) is 24.0 Å². The van der Waals surface area contributed by atoms with E-state index in [-0.39, 0.29) is 11.6 Å². The fourth-order valence-corrected chi connectivity index (χ4v) is 2.15. The molecule has 19 heavy (non-hydrogen) atoms. The highest BCUT2D eigenvalue weighted by molar-refractivity contribution is 5.83. The monoisotopic (exact) mass is 255 g/mol. The minimum atomic E-state index is -0.0104. The SMILES string of the molecule is Oc1ccc(CCc2ccnc3[nH]nc(O)c23)cc1. The third-order valence-electron chi connectivity index (χ3n) is 3.15. The number of phenols is 1. The standard InChI is InChI=1S/C14H13N3O2/c18-11-5-2-9(3-6-11)1-4-10-7-8-15-13-12(10)14(19)17-16-13/h2-3,5-8,18H,1,4H2,(H2,15,16,17,19). The first-order valence-electron chi connectivity index (χ1n) is 6.03. The van der Waals surface area contributed by atoms with E-state index in [0.29, 0.717) is 11.0 Å². The normalized spacial score (nSPS) is 10.9. The van der Waals surface area contributed by atoms with Gasteiger partial charge in [0.2, 0.25) is 5.88 Å². The van der Waals surface area contributed by atoms with Gasteiger partial charge in [0.1, 0.15) is 5.75 Å². The van der Waals surface area contributed by atoms with Gasteiger partial charge in [0.05, 0.1) is 5.39 Å². The van der Waals surface area contributed by atoms with Crippen molar-refractivity contribution in [2.75, 3.05) is 0 Å². The van der Waals surface area contributed by atoms with Crippen molar-refractivity contribution in [1.82, 2.24) is 15.2 Å². The van der Waals surface area contributed by atoms with E-state index in [1.807, 2.05) is 18.2 Å². The van der Waals surface area contributed by atoms with Crippen molar-refractivity contribution < 1.29 is 10.2 Å². The second kappa shape index (κ2) is 4.61. The highest BCUT2D eigenvalue weighted by Gasteiger charge is 2.10. The molecule has 3 rings (SSSR count). The Kier molecular flexibility index (Phi) is 2.79. The molecule has 0 aliphatic rings. The second-order valence-electron chi connectivity index (χ2n) is 4.41. The fraction of sp³-hybridized carbons (Fsp3) is 0.143. The summed E-state index contributed by atoms with van der Waals surface area (Å²) in [5, 5.41) is 26.1. The molecule has 0 bridgehead atoms. The average Bonchev–Trinajstić information content (AvgIpc) is 2.81. The summed E-state index contributed by atoms with van der Waals surface area (Å²) in [4.78, 5) is 4.12. The number of H-pyrrole nitrogens is 1.